The summed E-state index contributed by atoms with van der Waals surface area (Å²) in [6.45, 7) is 13.3. The van der Waals surface area contributed by atoms with Gasteiger partial charge in [0.2, 0.25) is 6.79 Å². The van der Waals surface area contributed by atoms with Crippen LogP contribution in [0.5, 0.6) is 11.5 Å². The Kier molecular flexibility index (Phi) is 8.58. The fourth-order valence-corrected chi connectivity index (χ4v) is 8.38. The summed E-state index contributed by atoms with van der Waals surface area (Å²) in [7, 11) is -3.99. The van der Waals surface area contributed by atoms with Crippen LogP contribution < -0.4 is 9.47 Å². The lowest BCUT2D eigenvalue weighted by Gasteiger charge is -2.42. The van der Waals surface area contributed by atoms with E-state index < -0.39 is 13.4 Å². The molecule has 1 aliphatic heterocycles. The van der Waals surface area contributed by atoms with Crippen molar-refractivity contribution in [2.75, 3.05) is 6.79 Å². The zero-order valence-corrected chi connectivity index (χ0v) is 23.2. The number of hydrogen-bond acceptors (Lipinski definition) is 6. The molecule has 6 nitrogen and oxygen atoms in total. The third-order valence-corrected chi connectivity index (χ3v) is 10.5. The van der Waals surface area contributed by atoms with Crippen molar-refractivity contribution >= 4 is 7.60 Å². The molecule has 4 rings (SSSR count). The fourth-order valence-electron chi connectivity index (χ4n) is 6.32. The molecule has 7 heteroatoms. The van der Waals surface area contributed by atoms with Gasteiger partial charge in [0.1, 0.15) is 0 Å². The number of hydrogen-bond donors (Lipinski definition) is 1. The third-order valence-electron chi connectivity index (χ3n) is 8.49. The molecule has 1 unspecified atom stereocenters. The van der Waals surface area contributed by atoms with Crippen molar-refractivity contribution in [3.63, 3.8) is 0 Å². The van der Waals surface area contributed by atoms with Crippen molar-refractivity contribution < 1.29 is 28.2 Å². The SMILES string of the molecule is CC(C)[C@H]1CC[C@@H](C)C[C@H]1OP(=O)(O[C@@H]1C[C@H](C)CC[C@H]1C(C)C)[C@@H](O)c1cccc2c1OCO2. The van der Waals surface area contributed by atoms with Crippen LogP contribution in [-0.4, -0.2) is 24.1 Å². The van der Waals surface area contributed by atoms with Crippen molar-refractivity contribution in [3.05, 3.63) is 23.8 Å². The van der Waals surface area contributed by atoms with Crippen LogP contribution >= 0.6 is 7.60 Å². The number of benzene rings is 1. The molecule has 2 fully saturated rings. The van der Waals surface area contributed by atoms with Crippen LogP contribution in [-0.2, 0) is 13.6 Å². The van der Waals surface area contributed by atoms with Crippen LogP contribution in [0, 0.1) is 35.5 Å². The standard InChI is InChI=1S/C28H45O6P/c1-17(2)21-12-10-19(5)14-25(21)33-35(30,34-26-15-20(6)11-13-22(26)18(3)4)28(29)23-8-7-9-24-27(23)32-16-31-24/h7-9,17-22,25-26,28-29H,10-16H2,1-6H3/t19-,20-,21-,22+,25-,26-,28-,35?/m1/s1. The molecule has 1 aromatic rings. The maximum Gasteiger partial charge on any atom is 0.364 e. The predicted octanol–water partition coefficient (Wildman–Crippen LogP) is 7.55. The lowest BCUT2D eigenvalue weighted by Crippen LogP contribution is -2.37. The first-order valence-corrected chi connectivity index (χ1v) is 15.2. The van der Waals surface area contributed by atoms with Gasteiger partial charge in [-0.3, -0.25) is 4.57 Å². The summed E-state index contributed by atoms with van der Waals surface area (Å²) < 4.78 is 39.1. The summed E-state index contributed by atoms with van der Waals surface area (Å²) in [5.74, 6) is 1.86. The number of rotatable bonds is 8. The minimum absolute atomic E-state index is 0.0796. The van der Waals surface area contributed by atoms with Crippen LogP contribution in [0.3, 0.4) is 0 Å². The van der Waals surface area contributed by atoms with Gasteiger partial charge in [-0.1, -0.05) is 66.5 Å². The molecule has 1 N–H and O–H groups in total. The first-order valence-electron chi connectivity index (χ1n) is 13.6. The first-order chi connectivity index (χ1) is 16.6. The second kappa shape index (κ2) is 11.1. The molecule has 1 heterocycles. The number of ether oxygens (including phenoxy) is 2. The Balaban J connectivity index is 1.69. The van der Waals surface area contributed by atoms with Gasteiger partial charge in [0.15, 0.2) is 17.3 Å². The number of aliphatic hydroxyl groups is 1. The average molecular weight is 509 g/mol. The Morgan fingerprint density at radius 3 is 1.94 bits per heavy atom. The summed E-state index contributed by atoms with van der Waals surface area (Å²) in [5, 5.41) is 11.7. The molecule has 35 heavy (non-hydrogen) atoms. The van der Waals surface area contributed by atoms with Gasteiger partial charge in [0.25, 0.3) is 0 Å². The quantitative estimate of drug-likeness (QED) is 0.365. The van der Waals surface area contributed by atoms with E-state index in [1.807, 2.05) is 0 Å². The van der Waals surface area contributed by atoms with E-state index in [0.29, 0.717) is 40.7 Å². The second-order valence-corrected chi connectivity index (χ2v) is 13.9. The van der Waals surface area contributed by atoms with Crippen molar-refractivity contribution in [1.29, 1.82) is 0 Å². The average Bonchev–Trinajstić information content (AvgIpc) is 3.27. The van der Waals surface area contributed by atoms with E-state index in [1.165, 1.54) is 0 Å². The molecule has 198 valence electrons. The van der Waals surface area contributed by atoms with Gasteiger partial charge in [-0.25, -0.2) is 0 Å². The highest BCUT2D eigenvalue weighted by Crippen LogP contribution is 2.65. The van der Waals surface area contributed by atoms with Gasteiger partial charge >= 0.3 is 7.60 Å². The van der Waals surface area contributed by atoms with E-state index in [4.69, 9.17) is 18.5 Å². The molecule has 3 aliphatic rings. The van der Waals surface area contributed by atoms with Crippen LogP contribution in [0.2, 0.25) is 0 Å². The zero-order chi connectivity index (χ0) is 25.3. The molecule has 1 aromatic carbocycles. The highest BCUT2D eigenvalue weighted by Gasteiger charge is 2.47. The molecule has 0 radical (unpaired) electrons. The first kappa shape index (κ1) is 27.0. The van der Waals surface area contributed by atoms with Gasteiger partial charge in [-0.05, 0) is 67.3 Å². The molecule has 0 amide bonds. The van der Waals surface area contributed by atoms with Crippen LogP contribution in [0.15, 0.2) is 18.2 Å². The normalized spacial score (nSPS) is 33.6. The third kappa shape index (κ3) is 5.92. The van der Waals surface area contributed by atoms with E-state index in [1.54, 1.807) is 18.2 Å². The molecule has 0 spiro atoms. The fraction of sp³-hybridized carbons (Fsp3) is 0.786. The Labute approximate surface area is 211 Å². The van der Waals surface area contributed by atoms with Crippen LogP contribution in [0.25, 0.3) is 0 Å². The van der Waals surface area contributed by atoms with E-state index in [2.05, 4.69) is 41.5 Å². The highest BCUT2D eigenvalue weighted by atomic mass is 31.2. The van der Waals surface area contributed by atoms with Gasteiger partial charge in [-0.15, -0.1) is 0 Å². The van der Waals surface area contributed by atoms with Crippen LogP contribution in [0.4, 0.5) is 0 Å². The monoisotopic (exact) mass is 508 g/mol. The second-order valence-electron chi connectivity index (χ2n) is 11.9. The molecule has 8 atom stereocenters. The van der Waals surface area contributed by atoms with Crippen molar-refractivity contribution in [3.8, 4) is 11.5 Å². The van der Waals surface area contributed by atoms with Gasteiger partial charge in [0, 0.05) is 5.56 Å². The van der Waals surface area contributed by atoms with E-state index in [-0.39, 0.29) is 30.8 Å². The van der Waals surface area contributed by atoms with E-state index in [9.17, 15) is 9.67 Å². The predicted molar refractivity (Wildman–Crippen MR) is 138 cm³/mol. The number of para-hydroxylation sites is 1. The summed E-state index contributed by atoms with van der Waals surface area (Å²) in [4.78, 5) is 0. The van der Waals surface area contributed by atoms with Gasteiger partial charge in [-0.2, -0.15) is 0 Å². The molecular formula is C28H45O6P. The molecule has 0 saturated heterocycles. The minimum Gasteiger partial charge on any atom is -0.454 e. The lowest BCUT2D eigenvalue weighted by molar-refractivity contribution is -0.0155. The maximum atomic E-state index is 14.8. The topological polar surface area (TPSA) is 74.2 Å². The highest BCUT2D eigenvalue weighted by molar-refractivity contribution is 7.54. The summed E-state index contributed by atoms with van der Waals surface area (Å²) >= 11 is 0. The van der Waals surface area contributed by atoms with Crippen molar-refractivity contribution in [2.24, 2.45) is 35.5 Å². The Morgan fingerprint density at radius 1 is 0.886 bits per heavy atom. The van der Waals surface area contributed by atoms with Gasteiger partial charge < -0.3 is 23.6 Å². The van der Waals surface area contributed by atoms with E-state index >= 15 is 0 Å². The lowest BCUT2D eigenvalue weighted by atomic mass is 9.75. The Morgan fingerprint density at radius 2 is 1.43 bits per heavy atom. The maximum absolute atomic E-state index is 14.8. The molecule has 2 saturated carbocycles. The van der Waals surface area contributed by atoms with Crippen molar-refractivity contribution in [1.82, 2.24) is 0 Å². The summed E-state index contributed by atoms with van der Waals surface area (Å²) in [5.41, 5.74) is 0.415. The minimum atomic E-state index is -3.99. The molecule has 0 aromatic heterocycles. The smallest absolute Gasteiger partial charge is 0.364 e. The van der Waals surface area contributed by atoms with E-state index in [0.717, 1.165) is 38.5 Å². The van der Waals surface area contributed by atoms with Crippen molar-refractivity contribution in [2.45, 2.75) is 98.1 Å². The largest absolute Gasteiger partial charge is 0.454 e. The number of aliphatic hydroxyl groups excluding tert-OH is 1. The Hall–Kier alpha value is -1.07. The summed E-state index contributed by atoms with van der Waals surface area (Å²) in [6, 6.07) is 5.32. The molecule has 0 bridgehead atoms. The zero-order valence-electron chi connectivity index (χ0n) is 22.3. The molecular weight excluding hydrogens is 463 g/mol. The van der Waals surface area contributed by atoms with Crippen LogP contribution in [0.1, 0.15) is 91.5 Å². The Bertz CT molecular complexity index is 863. The molecule has 2 aliphatic carbocycles. The van der Waals surface area contributed by atoms with Gasteiger partial charge in [0.05, 0.1) is 12.2 Å². The number of fused-ring (bicyclic) bond motifs is 1. The summed E-state index contributed by atoms with van der Waals surface area (Å²) in [6.07, 6.45) is 5.57.